The number of nitrogens with zero attached hydrogens (tertiary/aromatic N) is 7. The first-order chi connectivity index (χ1) is 23.9. The summed E-state index contributed by atoms with van der Waals surface area (Å²) in [6.07, 6.45) is 13.0. The molecule has 0 unspecified atom stereocenters. The summed E-state index contributed by atoms with van der Waals surface area (Å²) in [5, 5.41) is 3.33. The Balaban J connectivity index is 0.000000116. The van der Waals surface area contributed by atoms with Gasteiger partial charge in [-0.3, -0.25) is 24.7 Å². The second kappa shape index (κ2) is 15.2. The molecule has 0 spiro atoms. The van der Waals surface area contributed by atoms with Crippen LogP contribution in [0.3, 0.4) is 0 Å². The molecule has 5 aromatic rings. The molecule has 4 aromatic heterocycles. The Morgan fingerprint density at radius 1 is 0.653 bits per heavy atom. The molecule has 0 fully saturated rings. The summed E-state index contributed by atoms with van der Waals surface area (Å²) < 4.78 is 1.15. The van der Waals surface area contributed by atoms with Crippen LogP contribution in [0.2, 0.25) is 0 Å². The first-order valence-electron chi connectivity index (χ1n) is 14.8. The Labute approximate surface area is 286 Å². The minimum Gasteiger partial charge on any atom is -0.366 e. The van der Waals surface area contributed by atoms with Gasteiger partial charge in [-0.15, -0.1) is 0 Å². The lowest BCUT2D eigenvalue weighted by Crippen LogP contribution is -2.23. The van der Waals surface area contributed by atoms with E-state index in [9.17, 15) is 14.4 Å². The van der Waals surface area contributed by atoms with Gasteiger partial charge in [0.2, 0.25) is 0 Å². The number of benzene rings is 1. The van der Waals surface area contributed by atoms with Crippen molar-refractivity contribution < 1.29 is 0 Å². The predicted octanol–water partition coefficient (Wildman–Crippen LogP) is 3.76. The number of nitrogens with one attached hydrogen (secondary N) is 6. The number of rotatable bonds is 3. The number of fused-ring (bicyclic) bond motifs is 4. The van der Waals surface area contributed by atoms with Gasteiger partial charge >= 0.3 is 11.4 Å². The number of anilines is 1. The van der Waals surface area contributed by atoms with Crippen molar-refractivity contribution in [3.05, 3.63) is 111 Å². The molecule has 49 heavy (non-hydrogen) atoms. The largest absolute Gasteiger partial charge is 0.366 e. The van der Waals surface area contributed by atoms with Crippen LogP contribution in [0, 0.1) is 9.28 Å². The zero-order chi connectivity index (χ0) is 34.2. The maximum atomic E-state index is 11.0. The molecule has 8 heterocycles. The van der Waals surface area contributed by atoms with Gasteiger partial charge in [0, 0.05) is 73.8 Å². The van der Waals surface area contributed by atoms with E-state index in [1.54, 1.807) is 25.1 Å². The molecule has 0 bridgehead atoms. The van der Waals surface area contributed by atoms with E-state index in [0.717, 1.165) is 53.5 Å². The van der Waals surface area contributed by atoms with Crippen molar-refractivity contribution in [2.24, 2.45) is 20.0 Å². The third kappa shape index (κ3) is 8.06. The van der Waals surface area contributed by atoms with E-state index in [0.29, 0.717) is 39.3 Å². The molecule has 0 atom stereocenters. The summed E-state index contributed by atoms with van der Waals surface area (Å²) in [4.78, 5) is 73.3. The number of aromatic amines is 5. The van der Waals surface area contributed by atoms with Crippen LogP contribution in [0.5, 0.6) is 0 Å². The molecule has 0 saturated carbocycles. The summed E-state index contributed by atoms with van der Waals surface area (Å²) >= 11 is 9.88. The first kappa shape index (κ1) is 32.8. The van der Waals surface area contributed by atoms with Crippen molar-refractivity contribution in [2.45, 2.75) is 32.2 Å². The highest BCUT2D eigenvalue weighted by Crippen LogP contribution is 2.26. The third-order valence-electron chi connectivity index (χ3n) is 7.25. The number of aliphatic imine (C=N–C) groups is 4. The van der Waals surface area contributed by atoms with Crippen LogP contribution in [-0.2, 0) is 32.2 Å². The smallest absolute Gasteiger partial charge is 0.327 e. The topological polar surface area (TPSA) is 230 Å². The van der Waals surface area contributed by atoms with E-state index >= 15 is 0 Å². The number of hydrogen-bond acceptors (Lipinski definition) is 13. The van der Waals surface area contributed by atoms with Gasteiger partial charge in [-0.1, -0.05) is 54.8 Å². The molecule has 16 nitrogen and oxygen atoms in total. The number of H-pyrrole nitrogens is 5. The highest BCUT2D eigenvalue weighted by atomic mass is 32.1. The fraction of sp³-hybridized carbons (Fsp3) is 0.161. The Hall–Kier alpha value is -6.14. The van der Waals surface area contributed by atoms with Crippen LogP contribution in [0.25, 0.3) is 0 Å². The monoisotopic (exact) mass is 693 g/mol. The predicted molar refractivity (Wildman–Crippen MR) is 193 cm³/mol. The average molecular weight is 694 g/mol. The summed E-state index contributed by atoms with van der Waals surface area (Å²) in [6.45, 7) is 0.768. The van der Waals surface area contributed by atoms with Gasteiger partial charge in [-0.2, -0.15) is 0 Å². The number of hydrogen-bond donors (Lipinski definition) is 6. The molecule has 246 valence electrons. The molecule has 18 heteroatoms. The van der Waals surface area contributed by atoms with E-state index in [2.05, 4.69) is 77.3 Å². The molecule has 0 saturated heterocycles. The second-order valence-electron chi connectivity index (χ2n) is 10.4. The van der Waals surface area contributed by atoms with Gasteiger partial charge in [-0.05, 0) is 5.56 Å². The minimum absolute atomic E-state index is 0.298. The van der Waals surface area contributed by atoms with Gasteiger partial charge < -0.3 is 10.3 Å². The van der Waals surface area contributed by atoms with Gasteiger partial charge in [0.25, 0.3) is 5.56 Å². The van der Waals surface area contributed by atoms with Crippen LogP contribution >= 0.6 is 24.4 Å². The maximum Gasteiger partial charge on any atom is 0.327 e. The van der Waals surface area contributed by atoms with Gasteiger partial charge in [0.1, 0.15) is 38.9 Å². The van der Waals surface area contributed by atoms with Crippen LogP contribution in [0.1, 0.15) is 27.8 Å². The van der Waals surface area contributed by atoms with Crippen molar-refractivity contribution in [3.8, 4) is 0 Å². The lowest BCUT2D eigenvalue weighted by Gasteiger charge is -2.08. The third-order valence-corrected chi connectivity index (χ3v) is 7.95. The summed E-state index contributed by atoms with van der Waals surface area (Å²) in [5.74, 6) is 3.52. The van der Waals surface area contributed by atoms with Gasteiger partial charge in [0.05, 0.1) is 11.9 Å². The summed E-state index contributed by atoms with van der Waals surface area (Å²) in [7, 11) is 0. The highest BCUT2D eigenvalue weighted by molar-refractivity contribution is 7.71. The molecular weight excluding hydrogens is 667 g/mol. The Morgan fingerprint density at radius 2 is 1.29 bits per heavy atom. The molecule has 0 aliphatic carbocycles. The van der Waals surface area contributed by atoms with Gasteiger partial charge in [0.15, 0.2) is 5.82 Å². The van der Waals surface area contributed by atoms with Crippen molar-refractivity contribution in [1.29, 1.82) is 0 Å². The quantitative estimate of drug-likeness (QED) is 0.151. The second-order valence-corrected chi connectivity index (χ2v) is 11.2. The Bertz CT molecular complexity index is 2340. The van der Waals surface area contributed by atoms with Crippen molar-refractivity contribution in [2.75, 3.05) is 5.32 Å². The fourth-order valence-electron chi connectivity index (χ4n) is 4.86. The van der Waals surface area contributed by atoms with Crippen molar-refractivity contribution in [3.63, 3.8) is 0 Å². The molecule has 0 radical (unpaired) electrons. The minimum atomic E-state index is -0.507. The first-order valence-corrected chi connectivity index (χ1v) is 15.7. The highest BCUT2D eigenvalue weighted by Gasteiger charge is 2.14. The lowest BCUT2D eigenvalue weighted by atomic mass is 10.2. The summed E-state index contributed by atoms with van der Waals surface area (Å²) in [5.41, 5.74) is 3.64. The normalized spacial score (nSPS) is 13.1. The van der Waals surface area contributed by atoms with E-state index < -0.39 is 5.69 Å². The van der Waals surface area contributed by atoms with Crippen LogP contribution in [-0.4, -0.2) is 64.7 Å². The van der Waals surface area contributed by atoms with Crippen molar-refractivity contribution in [1.82, 2.24) is 39.9 Å². The van der Waals surface area contributed by atoms with Crippen LogP contribution in [0.4, 0.5) is 29.1 Å². The zero-order valence-corrected chi connectivity index (χ0v) is 27.2. The maximum absolute atomic E-state index is 11.0. The molecular formula is C31H27N13O3S2. The average Bonchev–Trinajstić information content (AvgIpc) is 3.92. The van der Waals surface area contributed by atoms with E-state index in [1.807, 2.05) is 30.6 Å². The molecule has 1 aromatic carbocycles. The molecule has 0 amide bonds. The lowest BCUT2D eigenvalue weighted by molar-refractivity contribution is 1.01. The fourth-order valence-corrected chi connectivity index (χ4v) is 5.37. The van der Waals surface area contributed by atoms with E-state index in [1.165, 1.54) is 5.56 Å². The van der Waals surface area contributed by atoms with Gasteiger partial charge in [-0.25, -0.2) is 44.5 Å². The molecule has 9 rings (SSSR count). The van der Waals surface area contributed by atoms with Crippen LogP contribution < -0.4 is 22.3 Å². The van der Waals surface area contributed by atoms with Crippen LogP contribution in [0.15, 0.2) is 77.3 Å². The Morgan fingerprint density at radius 3 is 2.04 bits per heavy atom. The number of aromatic nitrogens is 8. The SMILES string of the molecule is C1=Nc2ncnc(NCc3ccccc3)c2C1.O=c1[nH]c2c(c(=O)[nH]1)CC=N2.O=c1[nH]c2c(c(=S)[nH]1)CC=N2.S=c1nc[nH]c2c1CC=N2. The standard InChI is InChI=1S/C13H12N4.C6H5N3O2.C6H5N3OS.C6H5N3S/c1-2-4-10(5-3-1)8-15-13-11-6-7-14-12(11)16-9-17-13;10-5-3-1-2-7-4(3)8-6(11)9-5;10-6-8-4-3(1-2-7-4)5(11)9-6;10-6-4-1-2-7-5(4)8-3-9-6/h1-5,7,9H,6,8H2,(H,15,16,17);2*2H,1H2,(H2,8,9,10,11);2-3H,1H2,(H,8,9,10). The zero-order valence-electron chi connectivity index (χ0n) is 25.6. The summed E-state index contributed by atoms with van der Waals surface area (Å²) in [6, 6.07) is 10.3. The molecule has 4 aliphatic rings. The van der Waals surface area contributed by atoms with E-state index in [-0.39, 0.29) is 11.2 Å². The molecule has 6 N–H and O–H groups in total. The Kier molecular flexibility index (Phi) is 10.2. The molecule has 4 aliphatic heterocycles. The van der Waals surface area contributed by atoms with Crippen molar-refractivity contribution >= 4 is 78.4 Å². The van der Waals surface area contributed by atoms with E-state index in [4.69, 9.17) is 24.4 Å².